The van der Waals surface area contributed by atoms with Crippen molar-refractivity contribution in [3.63, 3.8) is 0 Å². The Morgan fingerprint density at radius 3 is 1.45 bits per heavy atom. The zero-order chi connectivity index (χ0) is 25.0. The molecule has 2 unspecified atom stereocenters. The summed E-state index contributed by atoms with van der Waals surface area (Å²) in [5.41, 5.74) is -1.53. The maximum atomic E-state index is 14.9. The molecule has 0 aliphatic heterocycles. The van der Waals surface area contributed by atoms with Crippen LogP contribution in [0.5, 0.6) is 23.0 Å². The first kappa shape index (κ1) is 26.5. The number of methoxy groups -OCH3 is 4. The normalized spacial score (nSPS) is 14.1. The van der Waals surface area contributed by atoms with E-state index in [1.807, 2.05) is 0 Å². The molecule has 7 nitrogen and oxygen atoms in total. The topological polar surface area (TPSA) is 88.1 Å². The van der Waals surface area contributed by atoms with E-state index in [4.69, 9.17) is 18.9 Å². The van der Waals surface area contributed by atoms with Gasteiger partial charge in [-0.1, -0.05) is 39.8 Å². The molecule has 0 aliphatic carbocycles. The van der Waals surface area contributed by atoms with Crippen molar-refractivity contribution < 1.29 is 33.1 Å². The third-order valence-corrected chi connectivity index (χ3v) is 10.0. The molecule has 0 saturated heterocycles. The summed E-state index contributed by atoms with van der Waals surface area (Å²) in [5.74, 6) is 0.593. The lowest BCUT2D eigenvalue weighted by Crippen LogP contribution is -2.34. The van der Waals surface area contributed by atoms with Crippen molar-refractivity contribution in [1.29, 1.82) is 0 Å². The summed E-state index contributed by atoms with van der Waals surface area (Å²) in [4.78, 5) is 28.0. The molecule has 33 heavy (non-hydrogen) atoms. The van der Waals surface area contributed by atoms with Crippen LogP contribution < -0.4 is 18.9 Å². The van der Waals surface area contributed by atoms with Crippen LogP contribution in [0, 0.1) is 0 Å². The summed E-state index contributed by atoms with van der Waals surface area (Å²) in [6.45, 7) is 6.88. The standard InChI is InChI=1S/C25H33O7P/c1-9-20(23(26)21-16(29-5)12-10-13-17(21)30-6)33(28,25(2,3)4)24(27)22-18(31-7)14-11-15-19(22)32-8/h10-15,20H,9H2,1-8H3. The van der Waals surface area contributed by atoms with Gasteiger partial charge in [0.2, 0.25) is 5.52 Å². The van der Waals surface area contributed by atoms with Crippen LogP contribution in [0.3, 0.4) is 0 Å². The minimum Gasteiger partial charge on any atom is -0.496 e. The number of Topliss-reactive ketones (excluding diaryl/α,β-unsaturated/α-hetero) is 1. The summed E-state index contributed by atoms with van der Waals surface area (Å²) in [6.07, 6.45) is 0.178. The van der Waals surface area contributed by atoms with Gasteiger partial charge in [-0.2, -0.15) is 0 Å². The number of ether oxygens (including phenoxy) is 4. The molecule has 0 N–H and O–H groups in total. The van der Waals surface area contributed by atoms with Crippen molar-refractivity contribution >= 4 is 18.4 Å². The maximum Gasteiger partial charge on any atom is 0.230 e. The quantitative estimate of drug-likeness (QED) is 0.322. The van der Waals surface area contributed by atoms with E-state index < -0.39 is 29.3 Å². The monoisotopic (exact) mass is 476 g/mol. The molecule has 2 aromatic carbocycles. The van der Waals surface area contributed by atoms with E-state index in [2.05, 4.69) is 0 Å². The van der Waals surface area contributed by atoms with Crippen LogP contribution >= 0.6 is 7.14 Å². The molecule has 0 amide bonds. The number of hydrogen-bond acceptors (Lipinski definition) is 7. The van der Waals surface area contributed by atoms with Crippen molar-refractivity contribution in [1.82, 2.24) is 0 Å². The molecule has 0 bridgehead atoms. The van der Waals surface area contributed by atoms with Crippen LogP contribution in [0.2, 0.25) is 0 Å². The van der Waals surface area contributed by atoms with Crippen molar-refractivity contribution in [2.24, 2.45) is 0 Å². The second-order valence-electron chi connectivity index (χ2n) is 8.50. The fourth-order valence-electron chi connectivity index (χ4n) is 4.01. The van der Waals surface area contributed by atoms with Crippen LogP contribution in [-0.4, -0.2) is 50.6 Å². The van der Waals surface area contributed by atoms with E-state index in [0.717, 1.165) is 0 Å². The van der Waals surface area contributed by atoms with Crippen molar-refractivity contribution in [2.45, 2.75) is 44.9 Å². The average Bonchev–Trinajstić information content (AvgIpc) is 2.81. The molecule has 0 spiro atoms. The number of ketones is 1. The summed E-state index contributed by atoms with van der Waals surface area (Å²) < 4.78 is 36.5. The second-order valence-corrected chi connectivity index (χ2v) is 12.2. The van der Waals surface area contributed by atoms with Crippen LogP contribution in [-0.2, 0) is 4.57 Å². The number of carbonyl (C=O) groups excluding carboxylic acids is 2. The largest absolute Gasteiger partial charge is 0.496 e. The zero-order valence-electron chi connectivity index (χ0n) is 20.6. The van der Waals surface area contributed by atoms with Gasteiger partial charge in [-0.25, -0.2) is 0 Å². The van der Waals surface area contributed by atoms with E-state index in [-0.39, 0.29) is 29.0 Å². The molecule has 0 heterocycles. The van der Waals surface area contributed by atoms with Gasteiger partial charge in [0.15, 0.2) is 12.9 Å². The molecule has 180 valence electrons. The summed E-state index contributed by atoms with van der Waals surface area (Å²) >= 11 is 0. The predicted molar refractivity (Wildman–Crippen MR) is 129 cm³/mol. The molecule has 2 atom stereocenters. The fraction of sp³-hybridized carbons (Fsp3) is 0.440. The summed E-state index contributed by atoms with van der Waals surface area (Å²) in [5, 5.41) is -1.03. The number of rotatable bonds is 10. The van der Waals surface area contributed by atoms with Crippen LogP contribution in [0.25, 0.3) is 0 Å². The van der Waals surface area contributed by atoms with Crippen LogP contribution in [0.1, 0.15) is 54.8 Å². The van der Waals surface area contributed by atoms with Gasteiger partial charge in [-0.3, -0.25) is 9.59 Å². The molecule has 0 saturated carbocycles. The van der Waals surface area contributed by atoms with Gasteiger partial charge in [0, 0.05) is 5.16 Å². The molecule has 0 aliphatic rings. The Bertz CT molecular complexity index is 1020. The molecule has 2 aromatic rings. The Morgan fingerprint density at radius 1 is 0.788 bits per heavy atom. The molecule has 2 rings (SSSR count). The van der Waals surface area contributed by atoms with Crippen molar-refractivity contribution in [3.8, 4) is 23.0 Å². The van der Waals surface area contributed by atoms with E-state index >= 15 is 0 Å². The first-order chi connectivity index (χ1) is 15.5. The van der Waals surface area contributed by atoms with E-state index in [9.17, 15) is 14.2 Å². The highest BCUT2D eigenvalue weighted by Crippen LogP contribution is 2.66. The lowest BCUT2D eigenvalue weighted by Gasteiger charge is -2.36. The Labute approximate surface area is 195 Å². The SMILES string of the molecule is CCC(C(=O)c1c(OC)cccc1OC)P(=O)(C(=O)c1c(OC)cccc1OC)C(C)(C)C. The second kappa shape index (κ2) is 10.4. The van der Waals surface area contributed by atoms with Gasteiger partial charge in [0.05, 0.1) is 34.1 Å². The predicted octanol–water partition coefficient (Wildman–Crippen LogP) is 5.68. The van der Waals surface area contributed by atoms with Crippen LogP contribution in [0.15, 0.2) is 36.4 Å². The third kappa shape index (κ3) is 4.65. The minimum absolute atomic E-state index is 0.0685. The number of benzene rings is 2. The lowest BCUT2D eigenvalue weighted by atomic mass is 10.0. The molecule has 0 fully saturated rings. The summed E-state index contributed by atoms with van der Waals surface area (Å²) in [7, 11) is 1.79. The maximum absolute atomic E-state index is 14.9. The van der Waals surface area contributed by atoms with Crippen LogP contribution in [0.4, 0.5) is 0 Å². The Morgan fingerprint density at radius 2 is 1.15 bits per heavy atom. The summed E-state index contributed by atoms with van der Waals surface area (Å²) in [6, 6.07) is 9.86. The Kier molecular flexibility index (Phi) is 8.36. The van der Waals surface area contributed by atoms with E-state index in [1.165, 1.54) is 28.4 Å². The molecular weight excluding hydrogens is 443 g/mol. The van der Waals surface area contributed by atoms with Gasteiger partial charge < -0.3 is 23.5 Å². The molecular formula is C25H33O7P. The highest BCUT2D eigenvalue weighted by atomic mass is 31.2. The average molecular weight is 477 g/mol. The first-order valence-corrected chi connectivity index (χ1v) is 12.4. The van der Waals surface area contributed by atoms with Gasteiger partial charge in [-0.05, 0) is 30.7 Å². The fourth-order valence-corrected chi connectivity index (χ4v) is 7.36. The van der Waals surface area contributed by atoms with Gasteiger partial charge in [0.25, 0.3) is 0 Å². The Hall–Kier alpha value is -2.79. The highest BCUT2D eigenvalue weighted by Gasteiger charge is 2.53. The van der Waals surface area contributed by atoms with Gasteiger partial charge in [-0.15, -0.1) is 0 Å². The highest BCUT2D eigenvalue weighted by molar-refractivity contribution is 7.83. The molecule has 8 heteroatoms. The third-order valence-electron chi connectivity index (χ3n) is 5.74. The van der Waals surface area contributed by atoms with E-state index in [1.54, 1.807) is 64.1 Å². The van der Waals surface area contributed by atoms with Crippen molar-refractivity contribution in [2.75, 3.05) is 28.4 Å². The number of carbonyl (C=O) groups is 2. The smallest absolute Gasteiger partial charge is 0.230 e. The lowest BCUT2D eigenvalue weighted by molar-refractivity contribution is 0.0965. The first-order valence-electron chi connectivity index (χ1n) is 10.6. The molecule has 0 radical (unpaired) electrons. The molecule has 0 aromatic heterocycles. The zero-order valence-corrected chi connectivity index (χ0v) is 21.4. The van der Waals surface area contributed by atoms with Gasteiger partial charge >= 0.3 is 0 Å². The van der Waals surface area contributed by atoms with Crippen molar-refractivity contribution in [3.05, 3.63) is 47.5 Å². The number of hydrogen-bond donors (Lipinski definition) is 0. The Balaban J connectivity index is 2.81. The van der Waals surface area contributed by atoms with Gasteiger partial charge in [0.1, 0.15) is 34.1 Å². The van der Waals surface area contributed by atoms with E-state index in [0.29, 0.717) is 11.5 Å². The minimum atomic E-state index is -3.95.